The van der Waals surface area contributed by atoms with Crippen LogP contribution in [0.5, 0.6) is 0 Å². The second-order valence-electron chi connectivity index (χ2n) is 6.74. The SMILES string of the molecule is Cc1cn(Cc2cc(C)c3c(c2)-c2[nH]nc(-c4ccsc4)c2C3)cn1. The van der Waals surface area contributed by atoms with Gasteiger partial charge in [-0.2, -0.15) is 16.4 Å². The highest BCUT2D eigenvalue weighted by Crippen LogP contribution is 2.42. The van der Waals surface area contributed by atoms with Gasteiger partial charge in [0.05, 0.1) is 23.4 Å². The summed E-state index contributed by atoms with van der Waals surface area (Å²) in [5.41, 5.74) is 11.2. The molecular formula is C20H18N4S. The Labute approximate surface area is 150 Å². The first kappa shape index (κ1) is 14.7. The van der Waals surface area contributed by atoms with E-state index in [0.717, 1.165) is 24.4 Å². The van der Waals surface area contributed by atoms with Gasteiger partial charge in [-0.3, -0.25) is 5.10 Å². The lowest BCUT2D eigenvalue weighted by molar-refractivity contribution is 0.796. The first-order valence-electron chi connectivity index (χ1n) is 8.40. The van der Waals surface area contributed by atoms with Crippen LogP contribution >= 0.6 is 11.3 Å². The highest BCUT2D eigenvalue weighted by Gasteiger charge is 2.26. The van der Waals surface area contributed by atoms with Crippen molar-refractivity contribution in [2.24, 2.45) is 0 Å². The molecule has 124 valence electrons. The summed E-state index contributed by atoms with van der Waals surface area (Å²) >= 11 is 1.71. The van der Waals surface area contributed by atoms with Crippen LogP contribution < -0.4 is 0 Å². The van der Waals surface area contributed by atoms with Crippen LogP contribution in [0.1, 0.15) is 27.9 Å². The fourth-order valence-corrected chi connectivity index (χ4v) is 4.43. The summed E-state index contributed by atoms with van der Waals surface area (Å²) in [6.45, 7) is 5.08. The molecule has 25 heavy (non-hydrogen) atoms. The van der Waals surface area contributed by atoms with Gasteiger partial charge in [0.2, 0.25) is 0 Å². The number of aromatic nitrogens is 4. The lowest BCUT2D eigenvalue weighted by Gasteiger charge is -2.10. The molecule has 4 aromatic rings. The summed E-state index contributed by atoms with van der Waals surface area (Å²) in [4.78, 5) is 4.32. The Balaban J connectivity index is 1.57. The molecule has 5 heteroatoms. The number of hydrogen-bond donors (Lipinski definition) is 1. The number of aromatic amines is 1. The quantitative estimate of drug-likeness (QED) is 0.520. The molecule has 3 heterocycles. The van der Waals surface area contributed by atoms with E-state index in [2.05, 4.69) is 61.8 Å². The van der Waals surface area contributed by atoms with Gasteiger partial charge in [-0.05, 0) is 48.1 Å². The third-order valence-electron chi connectivity index (χ3n) is 4.94. The normalized spacial score (nSPS) is 12.4. The maximum absolute atomic E-state index is 4.59. The van der Waals surface area contributed by atoms with E-state index in [0.29, 0.717) is 0 Å². The number of thiophene rings is 1. The van der Waals surface area contributed by atoms with Crippen LogP contribution in [0.3, 0.4) is 0 Å². The Morgan fingerprint density at radius 1 is 1.24 bits per heavy atom. The fraction of sp³-hybridized carbons (Fsp3) is 0.200. The molecule has 1 aliphatic rings. The minimum absolute atomic E-state index is 0.843. The summed E-state index contributed by atoms with van der Waals surface area (Å²) in [7, 11) is 0. The molecule has 0 fully saturated rings. The zero-order chi connectivity index (χ0) is 17.0. The third-order valence-corrected chi connectivity index (χ3v) is 5.63. The molecule has 4 nitrogen and oxygen atoms in total. The number of nitrogens with zero attached hydrogens (tertiary/aromatic N) is 3. The topological polar surface area (TPSA) is 46.5 Å². The van der Waals surface area contributed by atoms with Crippen molar-refractivity contribution in [1.29, 1.82) is 0 Å². The Morgan fingerprint density at radius 2 is 2.16 bits per heavy atom. The van der Waals surface area contributed by atoms with Crippen molar-refractivity contribution < 1.29 is 0 Å². The average Bonchev–Trinajstić information content (AvgIpc) is 3.32. The van der Waals surface area contributed by atoms with Crippen LogP contribution in [-0.4, -0.2) is 19.7 Å². The highest BCUT2D eigenvalue weighted by atomic mass is 32.1. The molecule has 1 aliphatic carbocycles. The molecule has 0 bridgehead atoms. The smallest absolute Gasteiger partial charge is 0.0970 e. The first-order chi connectivity index (χ1) is 12.2. The Bertz CT molecular complexity index is 1070. The Hall–Kier alpha value is -2.66. The number of imidazole rings is 1. The van der Waals surface area contributed by atoms with Gasteiger partial charge in [0.15, 0.2) is 0 Å². The number of fused-ring (bicyclic) bond motifs is 3. The zero-order valence-corrected chi connectivity index (χ0v) is 15.0. The minimum atomic E-state index is 0.843. The van der Waals surface area contributed by atoms with Crippen molar-refractivity contribution in [3.05, 3.63) is 69.4 Å². The Kier molecular flexibility index (Phi) is 3.18. The lowest BCUT2D eigenvalue weighted by Crippen LogP contribution is -1.99. The maximum Gasteiger partial charge on any atom is 0.0970 e. The van der Waals surface area contributed by atoms with Gasteiger partial charge in [0.1, 0.15) is 0 Å². The summed E-state index contributed by atoms with van der Waals surface area (Å²) in [6, 6.07) is 6.75. The summed E-state index contributed by atoms with van der Waals surface area (Å²) in [5, 5.41) is 12.2. The van der Waals surface area contributed by atoms with Crippen LogP contribution in [0.4, 0.5) is 0 Å². The van der Waals surface area contributed by atoms with Crippen molar-refractivity contribution in [3.63, 3.8) is 0 Å². The molecule has 0 unspecified atom stereocenters. The van der Waals surface area contributed by atoms with Crippen LogP contribution in [0.2, 0.25) is 0 Å². The standard InChI is InChI=1S/C20H18N4S/c1-12-5-14(9-24-8-13(2)21-11-24)6-17-16(12)7-18-19(22-23-20(17)18)15-3-4-25-10-15/h3-6,8,10-11H,7,9H2,1-2H3,(H,22,23). The van der Waals surface area contributed by atoms with Gasteiger partial charge in [-0.1, -0.05) is 6.07 Å². The number of H-pyrrole nitrogens is 1. The van der Waals surface area contributed by atoms with E-state index in [-0.39, 0.29) is 0 Å². The highest BCUT2D eigenvalue weighted by molar-refractivity contribution is 7.08. The molecule has 0 amide bonds. The minimum Gasteiger partial charge on any atom is -0.333 e. The zero-order valence-electron chi connectivity index (χ0n) is 14.2. The van der Waals surface area contributed by atoms with Crippen LogP contribution in [0.25, 0.3) is 22.5 Å². The second kappa shape index (κ2) is 5.43. The van der Waals surface area contributed by atoms with Gasteiger partial charge in [0.25, 0.3) is 0 Å². The maximum atomic E-state index is 4.59. The molecule has 0 saturated heterocycles. The van der Waals surface area contributed by atoms with Gasteiger partial charge < -0.3 is 4.57 Å². The molecular weight excluding hydrogens is 328 g/mol. The summed E-state index contributed by atoms with van der Waals surface area (Å²) < 4.78 is 2.14. The average molecular weight is 346 g/mol. The van der Waals surface area contributed by atoms with Crippen LogP contribution in [0.15, 0.2) is 41.5 Å². The number of nitrogens with one attached hydrogen (secondary N) is 1. The Morgan fingerprint density at radius 3 is 2.92 bits per heavy atom. The number of hydrogen-bond acceptors (Lipinski definition) is 3. The van der Waals surface area contributed by atoms with E-state index >= 15 is 0 Å². The summed E-state index contributed by atoms with van der Waals surface area (Å²) in [5.74, 6) is 0. The van der Waals surface area contributed by atoms with E-state index in [4.69, 9.17) is 0 Å². The van der Waals surface area contributed by atoms with Crippen molar-refractivity contribution in [2.45, 2.75) is 26.8 Å². The number of rotatable bonds is 3. The summed E-state index contributed by atoms with van der Waals surface area (Å²) in [6.07, 6.45) is 4.94. The molecule has 5 rings (SSSR count). The van der Waals surface area contributed by atoms with Gasteiger partial charge in [0, 0.05) is 41.2 Å². The van der Waals surface area contributed by atoms with Gasteiger partial charge in [-0.15, -0.1) is 0 Å². The van der Waals surface area contributed by atoms with Crippen molar-refractivity contribution in [3.8, 4) is 22.5 Å². The molecule has 0 radical (unpaired) electrons. The molecule has 0 saturated carbocycles. The van der Waals surface area contributed by atoms with Gasteiger partial charge in [-0.25, -0.2) is 4.98 Å². The van der Waals surface area contributed by atoms with E-state index < -0.39 is 0 Å². The van der Waals surface area contributed by atoms with Crippen molar-refractivity contribution in [2.75, 3.05) is 0 Å². The van der Waals surface area contributed by atoms with Crippen molar-refractivity contribution >= 4 is 11.3 Å². The first-order valence-corrected chi connectivity index (χ1v) is 9.34. The van der Waals surface area contributed by atoms with E-state index in [9.17, 15) is 0 Å². The molecule has 0 atom stereocenters. The molecule has 3 aromatic heterocycles. The van der Waals surface area contributed by atoms with Gasteiger partial charge >= 0.3 is 0 Å². The van der Waals surface area contributed by atoms with E-state index in [1.54, 1.807) is 11.3 Å². The largest absolute Gasteiger partial charge is 0.333 e. The second-order valence-corrected chi connectivity index (χ2v) is 7.52. The monoisotopic (exact) mass is 346 g/mol. The number of benzene rings is 1. The number of aryl methyl sites for hydroxylation is 2. The molecule has 0 spiro atoms. The fourth-order valence-electron chi connectivity index (χ4n) is 3.78. The van der Waals surface area contributed by atoms with Crippen molar-refractivity contribution in [1.82, 2.24) is 19.7 Å². The predicted molar refractivity (Wildman–Crippen MR) is 101 cm³/mol. The van der Waals surface area contributed by atoms with Crippen LogP contribution in [0, 0.1) is 13.8 Å². The molecule has 0 aliphatic heterocycles. The molecule has 1 N–H and O–H groups in total. The van der Waals surface area contributed by atoms with E-state index in [1.807, 2.05) is 13.3 Å². The lowest BCUT2D eigenvalue weighted by atomic mass is 9.99. The predicted octanol–water partition coefficient (Wildman–Crippen LogP) is 4.57. The third kappa shape index (κ3) is 2.35. The van der Waals surface area contributed by atoms with Crippen LogP contribution in [-0.2, 0) is 13.0 Å². The molecule has 1 aromatic carbocycles. The van der Waals surface area contributed by atoms with E-state index in [1.165, 1.54) is 39.1 Å².